The number of carbonyl (C=O) groups is 2. The first kappa shape index (κ1) is 23.4. The molecule has 0 aromatic heterocycles. The van der Waals surface area contributed by atoms with E-state index in [0.29, 0.717) is 42.4 Å². The van der Waals surface area contributed by atoms with Crippen molar-refractivity contribution in [2.24, 2.45) is 5.92 Å². The van der Waals surface area contributed by atoms with E-state index >= 15 is 0 Å². The standard InChI is InChI=1S/C25H32N2O5/c1-5-6-13-26-24(28)22-16-27(25(29)17-7-9-18(30-2)10-8-17)15-21(22)20-12-11-19(31-3)14-23(20)32-4/h7-12,14,21-22H,5-6,13,15-16H2,1-4H3,(H,26,28)/t21-,22-/m1/s1. The van der Waals surface area contributed by atoms with E-state index in [0.717, 1.165) is 18.4 Å². The highest BCUT2D eigenvalue weighted by atomic mass is 16.5. The molecule has 0 radical (unpaired) electrons. The third-order valence-corrected chi connectivity index (χ3v) is 5.95. The Morgan fingerprint density at radius 3 is 2.28 bits per heavy atom. The number of rotatable bonds is 9. The minimum atomic E-state index is -0.364. The summed E-state index contributed by atoms with van der Waals surface area (Å²) in [4.78, 5) is 28.0. The lowest BCUT2D eigenvalue weighted by molar-refractivity contribution is -0.124. The molecule has 1 aliphatic rings. The van der Waals surface area contributed by atoms with E-state index in [9.17, 15) is 9.59 Å². The lowest BCUT2D eigenvalue weighted by Crippen LogP contribution is -2.36. The van der Waals surface area contributed by atoms with Crippen LogP contribution in [0.3, 0.4) is 0 Å². The fourth-order valence-corrected chi connectivity index (χ4v) is 4.11. The zero-order valence-electron chi connectivity index (χ0n) is 19.2. The number of methoxy groups -OCH3 is 3. The molecular formula is C25H32N2O5. The highest BCUT2D eigenvalue weighted by molar-refractivity contribution is 5.95. The lowest BCUT2D eigenvalue weighted by atomic mass is 9.87. The number of nitrogens with one attached hydrogen (secondary N) is 1. The zero-order valence-corrected chi connectivity index (χ0v) is 19.2. The fraction of sp³-hybridized carbons (Fsp3) is 0.440. The van der Waals surface area contributed by atoms with Gasteiger partial charge in [-0.15, -0.1) is 0 Å². The number of unbranched alkanes of at least 4 members (excludes halogenated alkanes) is 1. The summed E-state index contributed by atoms with van der Waals surface area (Å²) in [6, 6.07) is 12.6. The number of carbonyl (C=O) groups excluding carboxylic acids is 2. The number of hydrogen-bond acceptors (Lipinski definition) is 5. The van der Waals surface area contributed by atoms with Crippen molar-refractivity contribution < 1.29 is 23.8 Å². The quantitative estimate of drug-likeness (QED) is 0.604. The van der Waals surface area contributed by atoms with Crippen molar-refractivity contribution in [3.8, 4) is 17.2 Å². The number of nitrogens with zero attached hydrogens (tertiary/aromatic N) is 1. The molecule has 2 aromatic rings. The van der Waals surface area contributed by atoms with Gasteiger partial charge in [-0.1, -0.05) is 19.4 Å². The third-order valence-electron chi connectivity index (χ3n) is 5.95. The Kier molecular flexibility index (Phi) is 7.98. The van der Waals surface area contributed by atoms with Gasteiger partial charge in [0.25, 0.3) is 5.91 Å². The Morgan fingerprint density at radius 2 is 1.66 bits per heavy atom. The van der Waals surface area contributed by atoms with Crippen molar-refractivity contribution in [2.45, 2.75) is 25.7 Å². The van der Waals surface area contributed by atoms with Gasteiger partial charge in [0.15, 0.2) is 0 Å². The minimum absolute atomic E-state index is 0.0358. The number of ether oxygens (including phenoxy) is 3. The van der Waals surface area contributed by atoms with Crippen LogP contribution in [0.5, 0.6) is 17.2 Å². The van der Waals surface area contributed by atoms with Crippen LogP contribution in [-0.4, -0.2) is 57.7 Å². The summed E-state index contributed by atoms with van der Waals surface area (Å²) < 4.78 is 16.1. The summed E-state index contributed by atoms with van der Waals surface area (Å²) in [7, 11) is 4.79. The molecule has 7 nitrogen and oxygen atoms in total. The molecule has 32 heavy (non-hydrogen) atoms. The molecule has 1 aliphatic heterocycles. The second-order valence-electron chi connectivity index (χ2n) is 7.90. The molecular weight excluding hydrogens is 408 g/mol. The van der Waals surface area contributed by atoms with Gasteiger partial charge in [-0.2, -0.15) is 0 Å². The predicted octanol–water partition coefficient (Wildman–Crippen LogP) is 3.48. The molecule has 7 heteroatoms. The summed E-state index contributed by atoms with van der Waals surface area (Å²) in [5, 5.41) is 3.04. The molecule has 0 bridgehead atoms. The number of likely N-dealkylation sites (tertiary alicyclic amines) is 1. The average Bonchev–Trinajstić information content (AvgIpc) is 3.28. The molecule has 1 saturated heterocycles. The fourth-order valence-electron chi connectivity index (χ4n) is 4.11. The van der Waals surface area contributed by atoms with Crippen LogP contribution in [0.25, 0.3) is 0 Å². The number of amides is 2. The van der Waals surface area contributed by atoms with Gasteiger partial charge in [-0.25, -0.2) is 0 Å². The Morgan fingerprint density at radius 1 is 0.969 bits per heavy atom. The van der Waals surface area contributed by atoms with E-state index in [1.807, 2.05) is 18.2 Å². The van der Waals surface area contributed by atoms with Crippen LogP contribution in [0, 0.1) is 5.92 Å². The van der Waals surface area contributed by atoms with Gasteiger partial charge >= 0.3 is 0 Å². The molecule has 2 aromatic carbocycles. The largest absolute Gasteiger partial charge is 0.497 e. The maximum Gasteiger partial charge on any atom is 0.253 e. The summed E-state index contributed by atoms with van der Waals surface area (Å²) in [6.45, 7) is 3.49. The topological polar surface area (TPSA) is 77.1 Å². The van der Waals surface area contributed by atoms with E-state index < -0.39 is 0 Å². The number of benzene rings is 2. The maximum absolute atomic E-state index is 13.2. The van der Waals surface area contributed by atoms with Gasteiger partial charge in [-0.3, -0.25) is 9.59 Å². The van der Waals surface area contributed by atoms with Gasteiger partial charge < -0.3 is 24.4 Å². The summed E-state index contributed by atoms with van der Waals surface area (Å²) in [6.07, 6.45) is 1.92. The predicted molar refractivity (Wildman–Crippen MR) is 123 cm³/mol. The molecule has 3 rings (SSSR count). The van der Waals surface area contributed by atoms with E-state index in [4.69, 9.17) is 14.2 Å². The van der Waals surface area contributed by atoms with Crippen LogP contribution < -0.4 is 19.5 Å². The third kappa shape index (κ3) is 5.15. The molecule has 2 atom stereocenters. The van der Waals surface area contributed by atoms with E-state index in [-0.39, 0.29) is 23.7 Å². The smallest absolute Gasteiger partial charge is 0.253 e. The Labute approximate surface area is 189 Å². The highest BCUT2D eigenvalue weighted by Crippen LogP contribution is 2.39. The van der Waals surface area contributed by atoms with Gasteiger partial charge in [-0.05, 0) is 36.8 Å². The second-order valence-corrected chi connectivity index (χ2v) is 7.90. The Hall–Kier alpha value is -3.22. The molecule has 172 valence electrons. The molecule has 0 spiro atoms. The first-order valence-corrected chi connectivity index (χ1v) is 10.9. The summed E-state index contributed by atoms with van der Waals surface area (Å²) in [5.74, 6) is 1.34. The molecule has 0 unspecified atom stereocenters. The first-order chi connectivity index (χ1) is 15.5. The van der Waals surface area contributed by atoms with Crippen molar-refractivity contribution in [1.29, 1.82) is 0 Å². The highest BCUT2D eigenvalue weighted by Gasteiger charge is 2.41. The van der Waals surface area contributed by atoms with E-state index in [2.05, 4.69) is 12.2 Å². The Balaban J connectivity index is 1.88. The average molecular weight is 441 g/mol. The van der Waals surface area contributed by atoms with Crippen LogP contribution in [0.1, 0.15) is 41.6 Å². The van der Waals surface area contributed by atoms with Crippen LogP contribution >= 0.6 is 0 Å². The SMILES string of the molecule is CCCCNC(=O)[C@@H]1CN(C(=O)c2ccc(OC)cc2)C[C@@H]1c1ccc(OC)cc1OC. The lowest BCUT2D eigenvalue weighted by Gasteiger charge is -2.21. The van der Waals surface area contributed by atoms with Crippen molar-refractivity contribution in [3.05, 3.63) is 53.6 Å². The van der Waals surface area contributed by atoms with E-state index in [1.165, 1.54) is 0 Å². The summed E-state index contributed by atoms with van der Waals surface area (Å²) >= 11 is 0. The Bertz CT molecular complexity index is 928. The molecule has 0 aliphatic carbocycles. The van der Waals surface area contributed by atoms with E-state index in [1.54, 1.807) is 50.5 Å². The van der Waals surface area contributed by atoms with Gasteiger partial charge in [0.05, 0.1) is 27.2 Å². The molecule has 1 fully saturated rings. The minimum Gasteiger partial charge on any atom is -0.497 e. The zero-order chi connectivity index (χ0) is 23.1. The molecule has 1 heterocycles. The maximum atomic E-state index is 13.2. The van der Waals surface area contributed by atoms with Gasteiger partial charge in [0, 0.05) is 42.7 Å². The molecule has 0 saturated carbocycles. The molecule has 1 N–H and O–H groups in total. The van der Waals surface area contributed by atoms with Crippen molar-refractivity contribution in [2.75, 3.05) is 41.0 Å². The van der Waals surface area contributed by atoms with Crippen molar-refractivity contribution >= 4 is 11.8 Å². The number of hydrogen-bond donors (Lipinski definition) is 1. The van der Waals surface area contributed by atoms with Crippen LogP contribution in [0.2, 0.25) is 0 Å². The molecule has 2 amide bonds. The van der Waals surface area contributed by atoms with Crippen LogP contribution in [-0.2, 0) is 4.79 Å². The normalized spacial score (nSPS) is 17.7. The summed E-state index contributed by atoms with van der Waals surface area (Å²) in [5.41, 5.74) is 1.47. The van der Waals surface area contributed by atoms with Crippen molar-refractivity contribution in [1.82, 2.24) is 10.2 Å². The van der Waals surface area contributed by atoms with Crippen molar-refractivity contribution in [3.63, 3.8) is 0 Å². The second kappa shape index (κ2) is 10.9. The van der Waals surface area contributed by atoms with Gasteiger partial charge in [0.1, 0.15) is 17.2 Å². The van der Waals surface area contributed by atoms with Crippen LogP contribution in [0.15, 0.2) is 42.5 Å². The first-order valence-electron chi connectivity index (χ1n) is 10.9. The monoisotopic (exact) mass is 440 g/mol. The van der Waals surface area contributed by atoms with Gasteiger partial charge in [0.2, 0.25) is 5.91 Å². The van der Waals surface area contributed by atoms with Crippen LogP contribution in [0.4, 0.5) is 0 Å².